The van der Waals surface area contributed by atoms with Gasteiger partial charge in [0.15, 0.2) is 17.3 Å². The van der Waals surface area contributed by atoms with Gasteiger partial charge in [0.25, 0.3) is 0 Å². The summed E-state index contributed by atoms with van der Waals surface area (Å²) < 4.78 is 11.8. The summed E-state index contributed by atoms with van der Waals surface area (Å²) in [6.07, 6.45) is 3.60. The number of carboxylic acids is 1. The van der Waals surface area contributed by atoms with E-state index >= 15 is 0 Å². The van der Waals surface area contributed by atoms with Gasteiger partial charge in [-0.15, -0.1) is 0 Å². The zero-order valence-electron chi connectivity index (χ0n) is 20.7. The van der Waals surface area contributed by atoms with Gasteiger partial charge in [-0.25, -0.2) is 0 Å². The van der Waals surface area contributed by atoms with Crippen molar-refractivity contribution in [3.63, 3.8) is 0 Å². The standard InChI is InChI=1S/C27H32BrNO6/c1-6-34-20-7-14(15(28)8-21(20)35-13-22(32)33)23-24-16(9-26(2,3)11-18(24)30)29-17-10-27(4,5)12-19(31)25(17)23/h7-9,23-24,29H,6,10-13H2,1-5H3,(H,32,33)/p-1. The van der Waals surface area contributed by atoms with Gasteiger partial charge in [-0.1, -0.05) is 49.7 Å². The number of halogens is 1. The highest BCUT2D eigenvalue weighted by atomic mass is 79.9. The smallest absolute Gasteiger partial charge is 0.162 e. The molecule has 0 radical (unpaired) electrons. The monoisotopic (exact) mass is 544 g/mol. The number of hydrogen-bond acceptors (Lipinski definition) is 7. The van der Waals surface area contributed by atoms with Crippen LogP contribution in [-0.4, -0.2) is 30.7 Å². The Hall–Kier alpha value is -2.61. The number of ether oxygens (including phenoxy) is 2. The Labute approximate surface area is 214 Å². The maximum atomic E-state index is 13.5. The van der Waals surface area contributed by atoms with Gasteiger partial charge in [-0.2, -0.15) is 0 Å². The molecule has 188 valence electrons. The second-order valence-corrected chi connectivity index (χ2v) is 11.9. The fourth-order valence-corrected chi connectivity index (χ4v) is 6.13. The Morgan fingerprint density at radius 3 is 2.43 bits per heavy atom. The highest BCUT2D eigenvalue weighted by molar-refractivity contribution is 9.10. The molecule has 1 aromatic rings. The molecule has 2 aliphatic carbocycles. The average molecular weight is 545 g/mol. The van der Waals surface area contributed by atoms with E-state index in [0.717, 1.165) is 17.0 Å². The fraction of sp³-hybridized carbons (Fsp3) is 0.519. The molecule has 2 unspecified atom stereocenters. The van der Waals surface area contributed by atoms with Gasteiger partial charge >= 0.3 is 0 Å². The quantitative estimate of drug-likeness (QED) is 0.580. The van der Waals surface area contributed by atoms with Gasteiger partial charge in [0.2, 0.25) is 0 Å². The lowest BCUT2D eigenvalue weighted by Crippen LogP contribution is -2.46. The topological polar surface area (TPSA) is 105 Å². The first-order valence-corrected chi connectivity index (χ1v) is 12.7. The number of nitrogens with one attached hydrogen (secondary N) is 1. The fourth-order valence-electron chi connectivity index (χ4n) is 5.56. The average Bonchev–Trinajstić information content (AvgIpc) is 2.70. The molecule has 7 nitrogen and oxygen atoms in total. The van der Waals surface area contributed by atoms with Gasteiger partial charge in [0, 0.05) is 40.2 Å². The zero-order chi connectivity index (χ0) is 25.7. The molecule has 0 amide bonds. The Bertz CT molecular complexity index is 1160. The predicted octanol–water partition coefficient (Wildman–Crippen LogP) is 3.81. The first kappa shape index (κ1) is 25.5. The number of fused-ring (bicyclic) bond motifs is 1. The normalized spacial score (nSPS) is 24.7. The third-order valence-electron chi connectivity index (χ3n) is 6.76. The molecule has 1 aromatic carbocycles. The molecular formula is C27H31BrNO6-. The van der Waals surface area contributed by atoms with Crippen LogP contribution in [0.5, 0.6) is 11.5 Å². The summed E-state index contributed by atoms with van der Waals surface area (Å²) in [4.78, 5) is 38.0. The molecule has 0 spiro atoms. The van der Waals surface area contributed by atoms with Gasteiger partial charge < -0.3 is 24.7 Å². The second kappa shape index (κ2) is 9.12. The molecule has 1 heterocycles. The van der Waals surface area contributed by atoms with E-state index in [1.54, 1.807) is 12.1 Å². The number of Topliss-reactive ketones (excluding diaryl/α,β-unsaturated/α-hetero) is 2. The van der Waals surface area contributed by atoms with Gasteiger partial charge in [-0.05, 0) is 41.9 Å². The molecule has 2 atom stereocenters. The Morgan fingerprint density at radius 1 is 1.09 bits per heavy atom. The summed E-state index contributed by atoms with van der Waals surface area (Å²) in [6.45, 7) is 9.76. The largest absolute Gasteiger partial charge is 0.546 e. The summed E-state index contributed by atoms with van der Waals surface area (Å²) in [7, 11) is 0. The first-order chi connectivity index (χ1) is 16.3. The summed E-state index contributed by atoms with van der Waals surface area (Å²) in [5.74, 6) is -1.64. The van der Waals surface area contributed by atoms with Crippen molar-refractivity contribution in [3.05, 3.63) is 45.2 Å². The van der Waals surface area contributed by atoms with Crippen LogP contribution in [0.15, 0.2) is 39.6 Å². The summed E-state index contributed by atoms with van der Waals surface area (Å²) in [5, 5.41) is 14.4. The SMILES string of the molecule is CCOc1cc(C2C3=C(CC(C)(C)CC3=O)NC3=CC(C)(C)CC(=O)C32)c(Br)cc1OCC(=O)[O-]. The molecular weight excluding hydrogens is 514 g/mol. The van der Waals surface area contributed by atoms with Crippen LogP contribution in [0.4, 0.5) is 0 Å². The summed E-state index contributed by atoms with van der Waals surface area (Å²) in [5.41, 5.74) is 2.61. The lowest BCUT2D eigenvalue weighted by molar-refractivity contribution is -0.307. The highest BCUT2D eigenvalue weighted by Gasteiger charge is 2.49. The van der Waals surface area contributed by atoms with Crippen LogP contribution in [0.2, 0.25) is 0 Å². The van der Waals surface area contributed by atoms with E-state index in [0.29, 0.717) is 41.7 Å². The molecule has 3 aliphatic rings. The summed E-state index contributed by atoms with van der Waals surface area (Å²) in [6, 6.07) is 3.40. The first-order valence-electron chi connectivity index (χ1n) is 11.9. The third kappa shape index (κ3) is 5.03. The van der Waals surface area contributed by atoms with Crippen LogP contribution in [0.1, 0.15) is 65.4 Å². The Balaban J connectivity index is 1.91. The van der Waals surface area contributed by atoms with Crippen molar-refractivity contribution in [1.82, 2.24) is 5.32 Å². The van der Waals surface area contributed by atoms with E-state index in [4.69, 9.17) is 9.47 Å². The van der Waals surface area contributed by atoms with Crippen molar-refractivity contribution in [2.45, 2.75) is 59.8 Å². The van der Waals surface area contributed by atoms with Crippen LogP contribution in [0.3, 0.4) is 0 Å². The van der Waals surface area contributed by atoms with Crippen molar-refractivity contribution in [1.29, 1.82) is 0 Å². The van der Waals surface area contributed by atoms with Crippen molar-refractivity contribution < 1.29 is 29.0 Å². The lowest BCUT2D eigenvalue weighted by atomic mass is 9.62. The minimum absolute atomic E-state index is 0.0348. The van der Waals surface area contributed by atoms with Gasteiger partial charge in [0.05, 0.1) is 18.5 Å². The minimum atomic E-state index is -1.35. The number of hydrogen-bond donors (Lipinski definition) is 1. The summed E-state index contributed by atoms with van der Waals surface area (Å²) >= 11 is 3.61. The number of allylic oxidation sites excluding steroid dienone is 4. The van der Waals surface area contributed by atoms with E-state index in [1.165, 1.54) is 0 Å². The molecule has 4 rings (SSSR count). The zero-order valence-corrected chi connectivity index (χ0v) is 22.3. The van der Waals surface area contributed by atoms with E-state index < -0.39 is 24.4 Å². The molecule has 0 fully saturated rings. The number of carboxylic acid groups (broad SMARTS) is 1. The van der Waals surface area contributed by atoms with Crippen LogP contribution < -0.4 is 19.9 Å². The molecule has 0 bridgehead atoms. The van der Waals surface area contributed by atoms with E-state index in [-0.39, 0.29) is 28.1 Å². The van der Waals surface area contributed by atoms with Crippen LogP contribution in [-0.2, 0) is 14.4 Å². The molecule has 1 aliphatic heterocycles. The number of carbonyl (C=O) groups excluding carboxylic acids is 3. The van der Waals surface area contributed by atoms with Crippen LogP contribution in [0.25, 0.3) is 0 Å². The molecule has 8 heteroatoms. The molecule has 1 N–H and O–H groups in total. The third-order valence-corrected chi connectivity index (χ3v) is 7.45. The Morgan fingerprint density at radius 2 is 1.77 bits per heavy atom. The maximum absolute atomic E-state index is 13.5. The van der Waals surface area contributed by atoms with Crippen molar-refractivity contribution in [2.75, 3.05) is 13.2 Å². The van der Waals surface area contributed by atoms with Crippen molar-refractivity contribution in [2.24, 2.45) is 16.7 Å². The van der Waals surface area contributed by atoms with E-state index in [1.807, 2.05) is 20.8 Å². The molecule has 0 saturated heterocycles. The number of carbonyl (C=O) groups is 3. The number of aliphatic carboxylic acids is 1. The number of benzene rings is 1. The van der Waals surface area contributed by atoms with E-state index in [2.05, 4.69) is 41.2 Å². The lowest BCUT2D eigenvalue weighted by Gasteiger charge is -2.46. The number of rotatable bonds is 6. The van der Waals surface area contributed by atoms with Crippen LogP contribution >= 0.6 is 15.9 Å². The maximum Gasteiger partial charge on any atom is 0.162 e. The van der Waals surface area contributed by atoms with E-state index in [9.17, 15) is 19.5 Å². The number of ketones is 2. The van der Waals surface area contributed by atoms with Gasteiger partial charge in [-0.3, -0.25) is 9.59 Å². The molecule has 0 saturated carbocycles. The highest BCUT2D eigenvalue weighted by Crippen LogP contribution is 2.53. The predicted molar refractivity (Wildman–Crippen MR) is 132 cm³/mol. The molecule has 0 aromatic heterocycles. The Kier molecular flexibility index (Phi) is 6.64. The minimum Gasteiger partial charge on any atom is -0.546 e. The van der Waals surface area contributed by atoms with Gasteiger partial charge in [0.1, 0.15) is 12.4 Å². The van der Waals surface area contributed by atoms with Crippen molar-refractivity contribution >= 4 is 33.5 Å². The van der Waals surface area contributed by atoms with Crippen molar-refractivity contribution in [3.8, 4) is 11.5 Å². The second-order valence-electron chi connectivity index (χ2n) is 11.1. The van der Waals surface area contributed by atoms with Crippen LogP contribution in [0, 0.1) is 16.7 Å². The molecule has 35 heavy (non-hydrogen) atoms.